The number of hydrogen-bond acceptors (Lipinski definition) is 4. The quantitative estimate of drug-likeness (QED) is 0.192. The molecule has 0 N–H and O–H groups in total. The molecule has 212 valence electrons. The van der Waals surface area contributed by atoms with E-state index in [0.717, 1.165) is 87.6 Å². The van der Waals surface area contributed by atoms with Crippen LogP contribution in [0, 0.1) is 0 Å². The van der Waals surface area contributed by atoms with Crippen LogP contribution in [-0.2, 0) is 0 Å². The molecule has 0 radical (unpaired) electrons. The van der Waals surface area contributed by atoms with Crippen LogP contribution in [0.5, 0.6) is 0 Å². The van der Waals surface area contributed by atoms with Crippen molar-refractivity contribution in [1.82, 2.24) is 9.97 Å². The van der Waals surface area contributed by atoms with E-state index < -0.39 is 0 Å². The van der Waals surface area contributed by atoms with Gasteiger partial charge in [0.05, 0.1) is 11.4 Å². The molecule has 4 nitrogen and oxygen atoms in total. The number of benzene rings is 6. The summed E-state index contributed by atoms with van der Waals surface area (Å²) in [6.07, 6.45) is 0. The van der Waals surface area contributed by atoms with Gasteiger partial charge in [-0.05, 0) is 65.7 Å². The Kier molecular flexibility index (Phi) is 5.93. The molecule has 0 bridgehead atoms. The molecule has 0 saturated heterocycles. The third-order valence-corrected chi connectivity index (χ3v) is 8.80. The van der Waals surface area contributed by atoms with Gasteiger partial charge < -0.3 is 8.83 Å². The average Bonchev–Trinajstić information content (AvgIpc) is 3.66. The molecule has 0 atom stereocenters. The van der Waals surface area contributed by atoms with Gasteiger partial charge in [0.2, 0.25) is 0 Å². The summed E-state index contributed by atoms with van der Waals surface area (Å²) in [4.78, 5) is 10.2. The molecule has 0 fully saturated rings. The number of para-hydroxylation sites is 3. The molecule has 0 saturated carbocycles. The van der Waals surface area contributed by atoms with Crippen LogP contribution in [0.2, 0.25) is 0 Å². The van der Waals surface area contributed by atoms with Crippen LogP contribution in [0.25, 0.3) is 88.9 Å². The summed E-state index contributed by atoms with van der Waals surface area (Å²) in [7, 11) is 0. The Hall–Kier alpha value is -5.52. The summed E-state index contributed by atoms with van der Waals surface area (Å²) in [6.45, 7) is 0. The molecular weight excluding hydrogens is 620 g/mol. The van der Waals surface area contributed by atoms with Gasteiger partial charge in [-0.2, -0.15) is 0 Å². The normalized spacial score (nSPS) is 11.7. The zero-order chi connectivity index (χ0) is 29.9. The Morgan fingerprint density at radius 3 is 1.93 bits per heavy atom. The topological polar surface area (TPSA) is 52.1 Å². The van der Waals surface area contributed by atoms with Gasteiger partial charge in [-0.25, -0.2) is 9.97 Å². The molecule has 6 aromatic carbocycles. The van der Waals surface area contributed by atoms with Crippen molar-refractivity contribution < 1.29 is 8.83 Å². The largest absolute Gasteiger partial charge is 0.456 e. The summed E-state index contributed by atoms with van der Waals surface area (Å²) >= 11 is 3.79. The van der Waals surface area contributed by atoms with Gasteiger partial charge in [0.1, 0.15) is 22.3 Å². The van der Waals surface area contributed by atoms with Crippen LogP contribution < -0.4 is 0 Å². The lowest BCUT2D eigenvalue weighted by Gasteiger charge is -2.12. The minimum atomic E-state index is 0.657. The van der Waals surface area contributed by atoms with Crippen LogP contribution in [0.1, 0.15) is 0 Å². The Morgan fingerprint density at radius 1 is 0.422 bits per heavy atom. The highest BCUT2D eigenvalue weighted by Gasteiger charge is 2.17. The number of fused-ring (bicyclic) bond motifs is 6. The van der Waals surface area contributed by atoms with E-state index in [1.807, 2.05) is 66.7 Å². The van der Waals surface area contributed by atoms with Gasteiger partial charge in [-0.1, -0.05) is 101 Å². The van der Waals surface area contributed by atoms with Crippen molar-refractivity contribution in [2.24, 2.45) is 0 Å². The lowest BCUT2D eigenvalue weighted by Crippen LogP contribution is -1.96. The highest BCUT2D eigenvalue weighted by atomic mass is 79.9. The minimum absolute atomic E-state index is 0.657. The molecule has 0 spiro atoms. The summed E-state index contributed by atoms with van der Waals surface area (Å²) in [5, 5.41) is 4.36. The van der Waals surface area contributed by atoms with Crippen molar-refractivity contribution in [3.63, 3.8) is 0 Å². The van der Waals surface area contributed by atoms with Crippen molar-refractivity contribution in [3.05, 3.63) is 144 Å². The molecule has 0 aliphatic carbocycles. The summed E-state index contributed by atoms with van der Waals surface area (Å²) in [5.41, 5.74) is 10.1. The molecule has 3 heterocycles. The van der Waals surface area contributed by atoms with E-state index in [1.54, 1.807) is 0 Å². The van der Waals surface area contributed by atoms with Gasteiger partial charge in [-0.3, -0.25) is 0 Å². The van der Waals surface area contributed by atoms with E-state index in [2.05, 4.69) is 88.7 Å². The fraction of sp³-hybridized carbons (Fsp3) is 0. The SMILES string of the molecule is Brc1cc(-c2ccc3oc4ccccc4c3c2)cc(-c2cc(-c3cccc4c3oc3ccccc34)nc(-c3ccccc3)n2)c1. The Bertz CT molecular complexity index is 2560. The fourth-order valence-electron chi connectivity index (χ4n) is 6.21. The number of nitrogens with zero attached hydrogens (tertiary/aromatic N) is 2. The van der Waals surface area contributed by atoms with E-state index in [4.69, 9.17) is 18.8 Å². The lowest BCUT2D eigenvalue weighted by molar-refractivity contribution is 0.669. The van der Waals surface area contributed by atoms with E-state index in [-0.39, 0.29) is 0 Å². The van der Waals surface area contributed by atoms with Crippen molar-refractivity contribution in [1.29, 1.82) is 0 Å². The van der Waals surface area contributed by atoms with Crippen molar-refractivity contribution >= 4 is 59.8 Å². The van der Waals surface area contributed by atoms with Gasteiger partial charge in [-0.15, -0.1) is 0 Å². The molecular formula is C40H23BrN2O2. The molecule has 0 aliphatic heterocycles. The van der Waals surface area contributed by atoms with Crippen molar-refractivity contribution in [2.45, 2.75) is 0 Å². The second-order valence-corrected chi connectivity index (χ2v) is 12.1. The average molecular weight is 644 g/mol. The van der Waals surface area contributed by atoms with Crippen LogP contribution in [0.3, 0.4) is 0 Å². The Morgan fingerprint density at radius 2 is 1.09 bits per heavy atom. The molecule has 0 unspecified atom stereocenters. The maximum absolute atomic E-state index is 6.41. The van der Waals surface area contributed by atoms with E-state index in [1.165, 1.54) is 0 Å². The standard InChI is InChI=1S/C40H23BrN2O2/c41-28-20-26(25-17-18-38-33(22-25)30-12-5-6-15-36(30)44-38)19-27(21-28)34-23-35(43-40(42-34)24-9-2-1-3-10-24)32-14-8-13-31-29-11-4-7-16-37(29)45-39(31)32/h1-23H. The molecule has 9 aromatic rings. The van der Waals surface area contributed by atoms with E-state index in [0.29, 0.717) is 5.82 Å². The first-order valence-corrected chi connectivity index (χ1v) is 15.5. The smallest absolute Gasteiger partial charge is 0.160 e. The molecule has 0 aliphatic rings. The third-order valence-electron chi connectivity index (χ3n) is 8.34. The maximum atomic E-state index is 6.41. The first-order chi connectivity index (χ1) is 22.2. The first kappa shape index (κ1) is 25.9. The van der Waals surface area contributed by atoms with Crippen molar-refractivity contribution in [2.75, 3.05) is 0 Å². The fourth-order valence-corrected chi connectivity index (χ4v) is 6.70. The molecule has 0 amide bonds. The van der Waals surface area contributed by atoms with Gasteiger partial charge in [0, 0.05) is 42.7 Å². The summed E-state index contributed by atoms with van der Waals surface area (Å²) < 4.78 is 13.5. The monoisotopic (exact) mass is 642 g/mol. The molecule has 9 rings (SSSR count). The van der Waals surface area contributed by atoms with Crippen LogP contribution in [0.15, 0.2) is 153 Å². The highest BCUT2D eigenvalue weighted by Crippen LogP contribution is 2.39. The minimum Gasteiger partial charge on any atom is -0.456 e. The Labute approximate surface area is 266 Å². The first-order valence-electron chi connectivity index (χ1n) is 14.8. The van der Waals surface area contributed by atoms with Crippen LogP contribution >= 0.6 is 15.9 Å². The van der Waals surface area contributed by atoms with Gasteiger partial charge >= 0.3 is 0 Å². The highest BCUT2D eigenvalue weighted by molar-refractivity contribution is 9.10. The van der Waals surface area contributed by atoms with Crippen LogP contribution in [-0.4, -0.2) is 9.97 Å². The zero-order valence-corrected chi connectivity index (χ0v) is 25.5. The molecule has 3 aromatic heterocycles. The zero-order valence-electron chi connectivity index (χ0n) is 23.9. The van der Waals surface area contributed by atoms with Crippen LogP contribution in [0.4, 0.5) is 0 Å². The van der Waals surface area contributed by atoms with E-state index >= 15 is 0 Å². The summed E-state index contributed by atoms with van der Waals surface area (Å²) in [5.74, 6) is 0.657. The second-order valence-electron chi connectivity index (χ2n) is 11.1. The third kappa shape index (κ3) is 4.43. The predicted molar refractivity (Wildman–Crippen MR) is 186 cm³/mol. The predicted octanol–water partition coefficient (Wildman–Crippen LogP) is 11.7. The number of hydrogen-bond donors (Lipinski definition) is 0. The Balaban J connectivity index is 1.24. The van der Waals surface area contributed by atoms with Gasteiger partial charge in [0.15, 0.2) is 5.82 Å². The molecule has 5 heteroatoms. The second kappa shape index (κ2) is 10.3. The number of aromatic nitrogens is 2. The lowest BCUT2D eigenvalue weighted by atomic mass is 9.99. The van der Waals surface area contributed by atoms with Gasteiger partial charge in [0.25, 0.3) is 0 Å². The number of rotatable bonds is 4. The van der Waals surface area contributed by atoms with E-state index in [9.17, 15) is 0 Å². The molecule has 45 heavy (non-hydrogen) atoms. The number of furan rings is 2. The maximum Gasteiger partial charge on any atom is 0.160 e. The number of halogens is 1. The van der Waals surface area contributed by atoms with Crippen molar-refractivity contribution in [3.8, 4) is 45.0 Å². The summed E-state index contributed by atoms with van der Waals surface area (Å²) in [6, 6.07) is 47.5.